The summed E-state index contributed by atoms with van der Waals surface area (Å²) in [6.45, 7) is 5.72. The lowest BCUT2D eigenvalue weighted by molar-refractivity contribution is -0.151. The number of ether oxygens (including phenoxy) is 1. The molecule has 1 N–H and O–H groups in total. The van der Waals surface area contributed by atoms with Crippen LogP contribution in [-0.4, -0.2) is 23.8 Å². The van der Waals surface area contributed by atoms with E-state index in [2.05, 4.69) is 0 Å². The molecule has 80 valence electrons. The molecule has 0 bridgehead atoms. The second-order valence-corrected chi connectivity index (χ2v) is 4.38. The first-order valence-electron chi connectivity index (χ1n) is 4.90. The van der Waals surface area contributed by atoms with Crippen molar-refractivity contribution in [2.24, 2.45) is 11.8 Å². The van der Waals surface area contributed by atoms with Gasteiger partial charge in [0.05, 0.1) is 12.7 Å². The summed E-state index contributed by atoms with van der Waals surface area (Å²) in [6.07, 6.45) is 2.48. The molecule has 0 heterocycles. The van der Waals surface area contributed by atoms with E-state index in [4.69, 9.17) is 4.74 Å². The van der Waals surface area contributed by atoms with Crippen molar-refractivity contribution in [2.75, 3.05) is 7.11 Å². The summed E-state index contributed by atoms with van der Waals surface area (Å²) in [4.78, 5) is 11.5. The molecule has 2 atom stereocenters. The molecule has 3 nitrogen and oxygen atoms in total. The van der Waals surface area contributed by atoms with Gasteiger partial charge in [0.1, 0.15) is 5.92 Å². The number of carbonyl (C=O) groups is 1. The van der Waals surface area contributed by atoms with Gasteiger partial charge in [0.15, 0.2) is 0 Å². The average molecular weight is 198 g/mol. The zero-order chi connectivity index (χ0) is 10.9. The normalized spacial score (nSPS) is 31.9. The standard InChI is InChI=1S/C11H18O3/c1-7(2)8-5-6-11(3,13)9(8)10(12)14-4/h5,7,9,13H,6H2,1-4H3/t9-,11-/m0/s1. The Bertz CT molecular complexity index is 264. The minimum absolute atomic E-state index is 0.271. The van der Waals surface area contributed by atoms with E-state index in [0.717, 1.165) is 5.57 Å². The van der Waals surface area contributed by atoms with Crippen molar-refractivity contribution in [1.82, 2.24) is 0 Å². The van der Waals surface area contributed by atoms with E-state index in [-0.39, 0.29) is 11.9 Å². The lowest BCUT2D eigenvalue weighted by Crippen LogP contribution is -2.38. The van der Waals surface area contributed by atoms with Gasteiger partial charge in [0.25, 0.3) is 0 Å². The fraction of sp³-hybridized carbons (Fsp3) is 0.727. The Kier molecular flexibility index (Phi) is 3.00. The minimum atomic E-state index is -0.979. The second-order valence-electron chi connectivity index (χ2n) is 4.38. The Labute approximate surface area is 84.8 Å². The van der Waals surface area contributed by atoms with Crippen LogP contribution in [0.15, 0.2) is 11.6 Å². The topological polar surface area (TPSA) is 46.5 Å². The number of esters is 1. The van der Waals surface area contributed by atoms with Crippen LogP contribution in [-0.2, 0) is 9.53 Å². The fourth-order valence-corrected chi connectivity index (χ4v) is 2.00. The highest BCUT2D eigenvalue weighted by Gasteiger charge is 2.44. The van der Waals surface area contributed by atoms with Crippen LogP contribution >= 0.6 is 0 Å². The fourth-order valence-electron chi connectivity index (χ4n) is 2.00. The summed E-state index contributed by atoms with van der Waals surface area (Å²) in [5, 5.41) is 10.0. The lowest BCUT2D eigenvalue weighted by atomic mass is 9.84. The highest BCUT2D eigenvalue weighted by molar-refractivity contribution is 5.78. The van der Waals surface area contributed by atoms with E-state index in [1.165, 1.54) is 7.11 Å². The molecule has 14 heavy (non-hydrogen) atoms. The maximum absolute atomic E-state index is 11.5. The molecule has 1 rings (SSSR count). The van der Waals surface area contributed by atoms with E-state index in [9.17, 15) is 9.90 Å². The summed E-state index contributed by atoms with van der Waals surface area (Å²) >= 11 is 0. The SMILES string of the molecule is COC(=O)[C@@H]1C(C(C)C)=CC[C@]1(C)O. The average Bonchev–Trinajstić information content (AvgIpc) is 2.40. The van der Waals surface area contributed by atoms with Crippen molar-refractivity contribution < 1.29 is 14.6 Å². The molecule has 0 saturated heterocycles. The van der Waals surface area contributed by atoms with Crippen molar-refractivity contribution in [3.63, 3.8) is 0 Å². The molecular formula is C11H18O3. The van der Waals surface area contributed by atoms with Crippen LogP contribution < -0.4 is 0 Å². The molecule has 0 fully saturated rings. The number of rotatable bonds is 2. The van der Waals surface area contributed by atoms with Crippen LogP contribution in [0.3, 0.4) is 0 Å². The zero-order valence-corrected chi connectivity index (χ0v) is 9.20. The van der Waals surface area contributed by atoms with Crippen molar-refractivity contribution in [3.05, 3.63) is 11.6 Å². The number of hydrogen-bond donors (Lipinski definition) is 1. The predicted molar refractivity (Wildman–Crippen MR) is 53.7 cm³/mol. The number of methoxy groups -OCH3 is 1. The number of hydrogen-bond acceptors (Lipinski definition) is 3. The number of aliphatic hydroxyl groups is 1. The molecule has 3 heteroatoms. The molecule has 0 saturated carbocycles. The van der Waals surface area contributed by atoms with E-state index < -0.39 is 11.5 Å². The van der Waals surface area contributed by atoms with E-state index in [0.29, 0.717) is 6.42 Å². The second kappa shape index (κ2) is 3.73. The van der Waals surface area contributed by atoms with E-state index >= 15 is 0 Å². The first-order valence-corrected chi connectivity index (χ1v) is 4.90. The van der Waals surface area contributed by atoms with Gasteiger partial charge in [-0.1, -0.05) is 25.5 Å². The summed E-state index contributed by atoms with van der Waals surface area (Å²) in [5.41, 5.74) is 0.00836. The highest BCUT2D eigenvalue weighted by atomic mass is 16.5. The van der Waals surface area contributed by atoms with Crippen LogP contribution in [0.25, 0.3) is 0 Å². The summed E-state index contributed by atoms with van der Waals surface area (Å²) in [6, 6.07) is 0. The lowest BCUT2D eigenvalue weighted by Gasteiger charge is -2.27. The Morgan fingerprint density at radius 3 is 2.71 bits per heavy atom. The summed E-state index contributed by atoms with van der Waals surface area (Å²) in [7, 11) is 1.36. The smallest absolute Gasteiger partial charge is 0.315 e. The first-order chi connectivity index (χ1) is 6.40. The highest BCUT2D eigenvalue weighted by Crippen LogP contribution is 2.39. The van der Waals surface area contributed by atoms with Crippen molar-refractivity contribution in [1.29, 1.82) is 0 Å². The third kappa shape index (κ3) is 1.82. The molecule has 0 unspecified atom stereocenters. The van der Waals surface area contributed by atoms with E-state index in [1.54, 1.807) is 6.92 Å². The molecule has 1 aliphatic rings. The van der Waals surface area contributed by atoms with Gasteiger partial charge in [-0.2, -0.15) is 0 Å². The van der Waals surface area contributed by atoms with Gasteiger partial charge >= 0.3 is 5.97 Å². The Morgan fingerprint density at radius 2 is 2.29 bits per heavy atom. The molecule has 0 aromatic rings. The molecule has 1 aliphatic carbocycles. The largest absolute Gasteiger partial charge is 0.468 e. The van der Waals surface area contributed by atoms with Gasteiger partial charge in [-0.15, -0.1) is 0 Å². The molecular weight excluding hydrogens is 180 g/mol. The van der Waals surface area contributed by atoms with Gasteiger partial charge in [0.2, 0.25) is 0 Å². The maximum Gasteiger partial charge on any atom is 0.315 e. The van der Waals surface area contributed by atoms with Gasteiger partial charge in [0, 0.05) is 0 Å². The van der Waals surface area contributed by atoms with Crippen LogP contribution in [0, 0.1) is 11.8 Å². The Morgan fingerprint density at radius 1 is 1.71 bits per heavy atom. The van der Waals surface area contributed by atoms with Gasteiger partial charge in [-0.3, -0.25) is 4.79 Å². The van der Waals surface area contributed by atoms with Gasteiger partial charge < -0.3 is 9.84 Å². The van der Waals surface area contributed by atoms with E-state index in [1.807, 2.05) is 19.9 Å². The molecule has 0 aromatic heterocycles. The third-order valence-corrected chi connectivity index (χ3v) is 2.81. The molecule has 0 aromatic carbocycles. The van der Waals surface area contributed by atoms with Crippen LogP contribution in [0.1, 0.15) is 27.2 Å². The van der Waals surface area contributed by atoms with Crippen LogP contribution in [0.2, 0.25) is 0 Å². The Balaban J connectivity index is 2.95. The quantitative estimate of drug-likeness (QED) is 0.540. The minimum Gasteiger partial charge on any atom is -0.468 e. The zero-order valence-electron chi connectivity index (χ0n) is 9.20. The van der Waals surface area contributed by atoms with Crippen molar-refractivity contribution in [3.8, 4) is 0 Å². The maximum atomic E-state index is 11.5. The van der Waals surface area contributed by atoms with Crippen LogP contribution in [0.4, 0.5) is 0 Å². The van der Waals surface area contributed by atoms with Crippen molar-refractivity contribution >= 4 is 5.97 Å². The monoisotopic (exact) mass is 198 g/mol. The van der Waals surface area contributed by atoms with Crippen molar-refractivity contribution in [2.45, 2.75) is 32.8 Å². The molecule has 0 spiro atoms. The molecule has 0 amide bonds. The Hall–Kier alpha value is -0.830. The first kappa shape index (κ1) is 11.2. The predicted octanol–water partition coefficient (Wildman–Crippen LogP) is 1.51. The molecule has 0 radical (unpaired) electrons. The van der Waals surface area contributed by atoms with Gasteiger partial charge in [-0.05, 0) is 19.3 Å². The third-order valence-electron chi connectivity index (χ3n) is 2.81. The number of carbonyl (C=O) groups excluding carboxylic acids is 1. The van der Waals surface area contributed by atoms with Gasteiger partial charge in [-0.25, -0.2) is 0 Å². The summed E-state index contributed by atoms with van der Waals surface area (Å²) in [5.74, 6) is -0.562. The van der Waals surface area contributed by atoms with Crippen LogP contribution in [0.5, 0.6) is 0 Å². The molecule has 0 aliphatic heterocycles. The summed E-state index contributed by atoms with van der Waals surface area (Å²) < 4.78 is 4.71.